The summed E-state index contributed by atoms with van der Waals surface area (Å²) in [4.78, 5) is 26.0. The number of carbonyl (C=O) groups is 2. The van der Waals surface area contributed by atoms with Crippen LogP contribution in [-0.2, 0) is 11.8 Å². The van der Waals surface area contributed by atoms with Crippen LogP contribution in [0, 0.1) is 0 Å². The Bertz CT molecular complexity index is 504. The van der Waals surface area contributed by atoms with Gasteiger partial charge in [-0.2, -0.15) is 0 Å². The molecular formula is C14H22N4O3. The number of likely N-dealkylation sites (tertiary alicyclic amines) is 1. The van der Waals surface area contributed by atoms with Gasteiger partial charge in [0.2, 0.25) is 11.8 Å². The van der Waals surface area contributed by atoms with Crippen molar-refractivity contribution in [2.75, 3.05) is 26.7 Å². The van der Waals surface area contributed by atoms with E-state index in [9.17, 15) is 9.59 Å². The van der Waals surface area contributed by atoms with Crippen LogP contribution in [0.5, 0.6) is 5.88 Å². The molecule has 1 aliphatic heterocycles. The first kappa shape index (κ1) is 15.3. The van der Waals surface area contributed by atoms with Crippen LogP contribution >= 0.6 is 0 Å². The highest BCUT2D eigenvalue weighted by Crippen LogP contribution is 2.14. The molecule has 7 nitrogen and oxygen atoms in total. The van der Waals surface area contributed by atoms with Crippen LogP contribution in [-0.4, -0.2) is 53.2 Å². The molecule has 1 aromatic heterocycles. The molecule has 1 saturated heterocycles. The van der Waals surface area contributed by atoms with E-state index in [0.29, 0.717) is 5.56 Å². The molecule has 0 spiro atoms. The topological polar surface area (TPSA) is 76.5 Å². The summed E-state index contributed by atoms with van der Waals surface area (Å²) in [6.07, 6.45) is 5.99. The fourth-order valence-electron chi connectivity index (χ4n) is 2.46. The summed E-state index contributed by atoms with van der Waals surface area (Å²) in [6, 6.07) is 0. The van der Waals surface area contributed by atoms with Crippen molar-refractivity contribution in [3.63, 3.8) is 0 Å². The van der Waals surface area contributed by atoms with E-state index in [-0.39, 0.29) is 24.2 Å². The zero-order valence-corrected chi connectivity index (χ0v) is 12.6. The number of methoxy groups -OCH3 is 1. The molecule has 1 fully saturated rings. The smallest absolute Gasteiger partial charge is 0.258 e. The quantitative estimate of drug-likeness (QED) is 0.880. The summed E-state index contributed by atoms with van der Waals surface area (Å²) in [6.45, 7) is 1.58. The first-order valence-corrected chi connectivity index (χ1v) is 7.25. The molecule has 2 heterocycles. The second-order valence-corrected chi connectivity index (χ2v) is 5.20. The molecule has 1 N–H and O–H groups in total. The number of nitrogens with zero attached hydrogens (tertiary/aromatic N) is 3. The lowest BCUT2D eigenvalue weighted by Crippen LogP contribution is -2.40. The molecule has 0 saturated carbocycles. The van der Waals surface area contributed by atoms with Gasteiger partial charge in [-0.25, -0.2) is 0 Å². The zero-order valence-electron chi connectivity index (χ0n) is 12.6. The van der Waals surface area contributed by atoms with Gasteiger partial charge in [0.15, 0.2) is 0 Å². The average Bonchev–Trinajstić information content (AvgIpc) is 2.69. The van der Waals surface area contributed by atoms with Crippen molar-refractivity contribution >= 4 is 11.8 Å². The Balaban J connectivity index is 1.89. The van der Waals surface area contributed by atoms with Gasteiger partial charge in [-0.1, -0.05) is 12.8 Å². The van der Waals surface area contributed by atoms with Crippen LogP contribution in [0.1, 0.15) is 36.0 Å². The fourth-order valence-corrected chi connectivity index (χ4v) is 2.46. The minimum Gasteiger partial charge on any atom is -0.479 e. The fraction of sp³-hybridized carbons (Fsp3) is 0.643. The number of aryl methyl sites for hydroxylation is 1. The Hall–Kier alpha value is -2.05. The van der Waals surface area contributed by atoms with Gasteiger partial charge in [0.1, 0.15) is 5.56 Å². The normalized spacial score (nSPS) is 15.4. The molecule has 0 radical (unpaired) electrons. The average molecular weight is 294 g/mol. The van der Waals surface area contributed by atoms with Gasteiger partial charge in [0.05, 0.1) is 13.7 Å². The lowest BCUT2D eigenvalue weighted by Gasteiger charge is -2.20. The van der Waals surface area contributed by atoms with Crippen molar-refractivity contribution in [1.29, 1.82) is 0 Å². The van der Waals surface area contributed by atoms with Gasteiger partial charge in [-0.3, -0.25) is 14.3 Å². The summed E-state index contributed by atoms with van der Waals surface area (Å²) in [7, 11) is 3.17. The monoisotopic (exact) mass is 294 g/mol. The molecule has 0 aliphatic carbocycles. The van der Waals surface area contributed by atoms with Crippen LogP contribution in [0.4, 0.5) is 0 Å². The van der Waals surface area contributed by atoms with Gasteiger partial charge < -0.3 is 15.0 Å². The first-order chi connectivity index (χ1) is 10.1. The molecule has 1 aromatic rings. The molecule has 1 aliphatic rings. The van der Waals surface area contributed by atoms with Crippen LogP contribution in [0.3, 0.4) is 0 Å². The highest BCUT2D eigenvalue weighted by molar-refractivity contribution is 5.98. The van der Waals surface area contributed by atoms with Crippen molar-refractivity contribution in [3.05, 3.63) is 11.8 Å². The second kappa shape index (κ2) is 7.10. The highest BCUT2D eigenvalue weighted by atomic mass is 16.5. The van der Waals surface area contributed by atoms with Crippen LogP contribution in [0.15, 0.2) is 6.20 Å². The predicted octanol–water partition coefficient (Wildman–Crippen LogP) is 0.561. The number of ether oxygens (including phenoxy) is 1. The van der Waals surface area contributed by atoms with Crippen LogP contribution in [0.25, 0.3) is 0 Å². The highest BCUT2D eigenvalue weighted by Gasteiger charge is 2.19. The largest absolute Gasteiger partial charge is 0.479 e. The van der Waals surface area contributed by atoms with Gasteiger partial charge in [0.25, 0.3) is 5.91 Å². The summed E-state index contributed by atoms with van der Waals surface area (Å²) < 4.78 is 6.54. The van der Waals surface area contributed by atoms with E-state index in [4.69, 9.17) is 4.74 Å². The van der Waals surface area contributed by atoms with E-state index in [1.165, 1.54) is 24.6 Å². The first-order valence-electron chi connectivity index (χ1n) is 7.25. The van der Waals surface area contributed by atoms with Gasteiger partial charge >= 0.3 is 0 Å². The Morgan fingerprint density at radius 1 is 1.29 bits per heavy atom. The van der Waals surface area contributed by atoms with Crippen molar-refractivity contribution < 1.29 is 14.3 Å². The van der Waals surface area contributed by atoms with E-state index < -0.39 is 0 Å². The van der Waals surface area contributed by atoms with Crippen LogP contribution in [0.2, 0.25) is 0 Å². The number of nitrogens with one attached hydrogen (secondary N) is 1. The zero-order chi connectivity index (χ0) is 15.2. The van der Waals surface area contributed by atoms with E-state index in [1.54, 1.807) is 13.2 Å². The third-order valence-electron chi connectivity index (χ3n) is 3.59. The minimum atomic E-state index is -0.344. The maximum atomic E-state index is 12.1. The van der Waals surface area contributed by atoms with Crippen LogP contribution < -0.4 is 10.1 Å². The van der Waals surface area contributed by atoms with E-state index in [0.717, 1.165) is 25.9 Å². The summed E-state index contributed by atoms with van der Waals surface area (Å²) in [5, 5.41) is 6.66. The molecular weight excluding hydrogens is 272 g/mol. The SMILES string of the molecule is COc1nn(C)cc1C(=O)NCC(=O)N1CCCCCC1. The van der Waals surface area contributed by atoms with E-state index >= 15 is 0 Å². The molecule has 7 heteroatoms. The van der Waals surface area contributed by atoms with Crippen molar-refractivity contribution in [3.8, 4) is 5.88 Å². The number of hydrogen-bond donors (Lipinski definition) is 1. The number of amides is 2. The lowest BCUT2D eigenvalue weighted by atomic mass is 10.2. The number of carbonyl (C=O) groups excluding carboxylic acids is 2. The molecule has 0 atom stereocenters. The van der Waals surface area contributed by atoms with Crippen molar-refractivity contribution in [1.82, 2.24) is 20.0 Å². The third-order valence-corrected chi connectivity index (χ3v) is 3.59. The molecule has 116 valence electrons. The molecule has 0 aromatic carbocycles. The number of hydrogen-bond acceptors (Lipinski definition) is 4. The Morgan fingerprint density at radius 2 is 1.95 bits per heavy atom. The van der Waals surface area contributed by atoms with Crippen molar-refractivity contribution in [2.45, 2.75) is 25.7 Å². The van der Waals surface area contributed by atoms with E-state index in [1.807, 2.05) is 4.90 Å². The number of rotatable bonds is 4. The molecule has 0 unspecified atom stereocenters. The molecule has 2 rings (SSSR count). The maximum Gasteiger partial charge on any atom is 0.258 e. The predicted molar refractivity (Wildman–Crippen MR) is 77.1 cm³/mol. The van der Waals surface area contributed by atoms with Gasteiger partial charge in [0, 0.05) is 26.3 Å². The van der Waals surface area contributed by atoms with Gasteiger partial charge in [-0.05, 0) is 12.8 Å². The van der Waals surface area contributed by atoms with Crippen molar-refractivity contribution in [2.24, 2.45) is 7.05 Å². The summed E-state index contributed by atoms with van der Waals surface area (Å²) in [5.74, 6) is -0.117. The maximum absolute atomic E-state index is 12.1. The summed E-state index contributed by atoms with van der Waals surface area (Å²) in [5.41, 5.74) is 0.337. The second-order valence-electron chi connectivity index (χ2n) is 5.20. The molecule has 0 bridgehead atoms. The summed E-state index contributed by atoms with van der Waals surface area (Å²) >= 11 is 0. The molecule has 21 heavy (non-hydrogen) atoms. The standard InChI is InChI=1S/C14H22N4O3/c1-17-10-11(14(16-17)21-2)13(20)15-9-12(19)18-7-5-3-4-6-8-18/h10H,3-9H2,1-2H3,(H,15,20). The Morgan fingerprint density at radius 3 is 2.57 bits per heavy atom. The lowest BCUT2D eigenvalue weighted by molar-refractivity contribution is -0.130. The third kappa shape index (κ3) is 3.96. The minimum absolute atomic E-state index is 0.0108. The number of aromatic nitrogens is 2. The molecule has 2 amide bonds. The van der Waals surface area contributed by atoms with Gasteiger partial charge in [-0.15, -0.1) is 5.10 Å². The Kier molecular flexibility index (Phi) is 5.19. The van der Waals surface area contributed by atoms with E-state index in [2.05, 4.69) is 10.4 Å². The Labute approximate surface area is 124 Å².